The van der Waals surface area contributed by atoms with Crippen molar-refractivity contribution in [2.24, 2.45) is 0 Å². The first-order chi connectivity index (χ1) is 20.6. The largest absolute Gasteiger partial charge is 0.493 e. The summed E-state index contributed by atoms with van der Waals surface area (Å²) >= 11 is 0. The standard InChI is InChI=1S/C33H41N5O5/c1-8-33(3,4)34-32(40)30(24-19-27(41-5)31(43-7)28(20-24)42-6)37(18-17-23-14-10-9-13-22(23)2)29(39)21-38-26-16-12-11-15-25(26)35-36-38/h9-16,19-20,30H,8,17-18,21H2,1-7H3,(H,34,40)/t30-/m1/s1. The van der Waals surface area contributed by atoms with Crippen LogP contribution in [0.2, 0.25) is 0 Å². The van der Waals surface area contributed by atoms with E-state index in [-0.39, 0.29) is 24.9 Å². The van der Waals surface area contributed by atoms with Crippen molar-refractivity contribution in [3.63, 3.8) is 0 Å². The van der Waals surface area contributed by atoms with E-state index in [1.165, 1.54) is 21.3 Å². The lowest BCUT2D eigenvalue weighted by molar-refractivity contribution is -0.142. The number of rotatable bonds is 13. The quantitative estimate of drug-likeness (QED) is 0.238. The Balaban J connectivity index is 1.84. The number of fused-ring (bicyclic) bond motifs is 1. The van der Waals surface area contributed by atoms with E-state index >= 15 is 0 Å². The fourth-order valence-corrected chi connectivity index (χ4v) is 5.00. The van der Waals surface area contributed by atoms with Gasteiger partial charge in [0.2, 0.25) is 17.6 Å². The molecule has 0 fully saturated rings. The highest BCUT2D eigenvalue weighted by molar-refractivity contribution is 5.90. The van der Waals surface area contributed by atoms with Gasteiger partial charge < -0.3 is 24.4 Å². The second-order valence-corrected chi connectivity index (χ2v) is 11.1. The average molecular weight is 588 g/mol. The molecule has 0 saturated heterocycles. The maximum atomic E-state index is 14.3. The third kappa shape index (κ3) is 7.07. The molecule has 43 heavy (non-hydrogen) atoms. The highest BCUT2D eigenvalue weighted by atomic mass is 16.5. The third-order valence-electron chi connectivity index (χ3n) is 7.82. The van der Waals surface area contributed by atoms with E-state index < -0.39 is 11.6 Å². The Morgan fingerprint density at radius 3 is 2.26 bits per heavy atom. The van der Waals surface area contributed by atoms with Crippen LogP contribution in [-0.2, 0) is 22.6 Å². The summed E-state index contributed by atoms with van der Waals surface area (Å²) in [6, 6.07) is 17.9. The van der Waals surface area contributed by atoms with Gasteiger partial charge in [-0.25, -0.2) is 4.68 Å². The molecule has 228 valence electrons. The minimum Gasteiger partial charge on any atom is -0.493 e. The Hall–Kier alpha value is -4.60. The van der Waals surface area contributed by atoms with Crippen LogP contribution in [0.4, 0.5) is 0 Å². The van der Waals surface area contributed by atoms with Gasteiger partial charge in [0.05, 0.1) is 26.8 Å². The van der Waals surface area contributed by atoms with Crippen LogP contribution >= 0.6 is 0 Å². The summed E-state index contributed by atoms with van der Waals surface area (Å²) in [5.74, 6) is 0.569. The van der Waals surface area contributed by atoms with Crippen LogP contribution in [-0.4, -0.2) is 65.1 Å². The molecule has 1 N–H and O–H groups in total. The van der Waals surface area contributed by atoms with Gasteiger partial charge in [0.15, 0.2) is 11.5 Å². The van der Waals surface area contributed by atoms with Gasteiger partial charge in [-0.1, -0.05) is 48.5 Å². The lowest BCUT2D eigenvalue weighted by Gasteiger charge is -2.35. The number of hydrogen-bond donors (Lipinski definition) is 1. The number of aryl methyl sites for hydroxylation is 1. The number of methoxy groups -OCH3 is 3. The van der Waals surface area contributed by atoms with E-state index in [1.54, 1.807) is 21.7 Å². The fourth-order valence-electron chi connectivity index (χ4n) is 5.00. The molecule has 4 aromatic rings. The third-order valence-corrected chi connectivity index (χ3v) is 7.82. The topological polar surface area (TPSA) is 108 Å². The number of hydrogen-bond acceptors (Lipinski definition) is 7. The number of nitrogens with one attached hydrogen (secondary N) is 1. The van der Waals surface area contributed by atoms with Gasteiger partial charge in [0.1, 0.15) is 18.1 Å². The summed E-state index contributed by atoms with van der Waals surface area (Å²) in [4.78, 5) is 30.2. The molecule has 10 heteroatoms. The van der Waals surface area contributed by atoms with Crippen molar-refractivity contribution in [3.8, 4) is 17.2 Å². The molecule has 1 atom stereocenters. The molecule has 3 aromatic carbocycles. The molecular weight excluding hydrogens is 546 g/mol. The lowest BCUT2D eigenvalue weighted by atomic mass is 9.97. The first-order valence-corrected chi connectivity index (χ1v) is 14.4. The van der Waals surface area contributed by atoms with E-state index in [0.29, 0.717) is 41.2 Å². The molecule has 0 bridgehead atoms. The molecule has 0 aliphatic rings. The second kappa shape index (κ2) is 13.6. The smallest absolute Gasteiger partial charge is 0.247 e. The first-order valence-electron chi connectivity index (χ1n) is 14.4. The normalized spacial score (nSPS) is 12.1. The van der Waals surface area contributed by atoms with E-state index in [1.807, 2.05) is 76.2 Å². The maximum absolute atomic E-state index is 14.3. The Labute approximate surface area is 252 Å². The SMILES string of the molecule is CCC(C)(C)NC(=O)[C@@H](c1cc(OC)c(OC)c(OC)c1)N(CCc1ccccc1C)C(=O)Cn1nnc2ccccc21. The molecule has 0 aliphatic carbocycles. The van der Waals surface area contributed by atoms with Crippen molar-refractivity contribution in [3.05, 3.63) is 77.4 Å². The van der Waals surface area contributed by atoms with Gasteiger partial charge in [0.25, 0.3) is 0 Å². The molecule has 1 aromatic heterocycles. The monoisotopic (exact) mass is 587 g/mol. The number of aromatic nitrogens is 3. The molecule has 4 rings (SSSR count). The zero-order valence-electron chi connectivity index (χ0n) is 26.0. The summed E-state index contributed by atoms with van der Waals surface area (Å²) in [6.07, 6.45) is 1.24. The molecule has 2 amide bonds. The maximum Gasteiger partial charge on any atom is 0.247 e. The van der Waals surface area contributed by atoms with Crippen LogP contribution < -0.4 is 19.5 Å². The van der Waals surface area contributed by atoms with E-state index in [4.69, 9.17) is 14.2 Å². The van der Waals surface area contributed by atoms with Crippen LogP contribution in [0.5, 0.6) is 17.2 Å². The first kappa shape index (κ1) is 31.3. The number of amides is 2. The zero-order valence-corrected chi connectivity index (χ0v) is 26.0. The van der Waals surface area contributed by atoms with Gasteiger partial charge in [-0.05, 0) is 74.6 Å². The number of benzene rings is 3. The Morgan fingerprint density at radius 2 is 1.63 bits per heavy atom. The second-order valence-electron chi connectivity index (χ2n) is 11.1. The minimum absolute atomic E-state index is 0.0976. The number of ether oxygens (including phenoxy) is 3. The fraction of sp³-hybridized carbons (Fsp3) is 0.394. The molecule has 0 saturated carbocycles. The molecule has 1 heterocycles. The van der Waals surface area contributed by atoms with Crippen LogP contribution in [0.1, 0.15) is 49.9 Å². The van der Waals surface area contributed by atoms with Crippen molar-refractivity contribution in [2.45, 2.75) is 58.7 Å². The Kier molecular flexibility index (Phi) is 9.90. The molecule has 0 spiro atoms. The number of para-hydroxylation sites is 1. The summed E-state index contributed by atoms with van der Waals surface area (Å²) in [5.41, 5.74) is 3.63. The highest BCUT2D eigenvalue weighted by Gasteiger charge is 2.35. The van der Waals surface area contributed by atoms with Crippen molar-refractivity contribution in [2.75, 3.05) is 27.9 Å². The Bertz CT molecular complexity index is 1560. The molecular formula is C33H41N5O5. The molecule has 0 radical (unpaired) electrons. The predicted molar refractivity (Wildman–Crippen MR) is 165 cm³/mol. The summed E-state index contributed by atoms with van der Waals surface area (Å²) in [7, 11) is 4.56. The molecule has 10 nitrogen and oxygen atoms in total. The summed E-state index contributed by atoms with van der Waals surface area (Å²) in [6.45, 7) is 8.13. The molecule has 0 aliphatic heterocycles. The van der Waals surface area contributed by atoms with E-state index in [0.717, 1.165) is 16.6 Å². The number of nitrogens with zero attached hydrogens (tertiary/aromatic N) is 4. The summed E-state index contributed by atoms with van der Waals surface area (Å²) in [5, 5.41) is 11.6. The van der Waals surface area contributed by atoms with Crippen molar-refractivity contribution in [1.29, 1.82) is 0 Å². The number of carbonyl (C=O) groups excluding carboxylic acids is 2. The van der Waals surface area contributed by atoms with Crippen molar-refractivity contribution in [1.82, 2.24) is 25.2 Å². The van der Waals surface area contributed by atoms with Gasteiger partial charge in [-0.3, -0.25) is 9.59 Å². The molecule has 0 unspecified atom stereocenters. The van der Waals surface area contributed by atoms with Gasteiger partial charge >= 0.3 is 0 Å². The average Bonchev–Trinajstić information content (AvgIpc) is 3.41. The van der Waals surface area contributed by atoms with Gasteiger partial charge in [-0.2, -0.15) is 0 Å². The summed E-state index contributed by atoms with van der Waals surface area (Å²) < 4.78 is 18.4. The zero-order chi connectivity index (χ0) is 31.1. The van der Waals surface area contributed by atoms with Crippen LogP contribution in [0.25, 0.3) is 11.0 Å². The van der Waals surface area contributed by atoms with E-state index in [2.05, 4.69) is 15.6 Å². The minimum atomic E-state index is -1.01. The number of carbonyl (C=O) groups is 2. The highest BCUT2D eigenvalue weighted by Crippen LogP contribution is 2.41. The van der Waals surface area contributed by atoms with Crippen molar-refractivity contribution < 1.29 is 23.8 Å². The van der Waals surface area contributed by atoms with Gasteiger partial charge in [0, 0.05) is 12.1 Å². The lowest BCUT2D eigenvalue weighted by Crippen LogP contribution is -2.51. The van der Waals surface area contributed by atoms with Crippen molar-refractivity contribution >= 4 is 22.8 Å². The Morgan fingerprint density at radius 1 is 0.977 bits per heavy atom. The van der Waals surface area contributed by atoms with E-state index in [9.17, 15) is 9.59 Å². The van der Waals surface area contributed by atoms with Crippen LogP contribution in [0.3, 0.4) is 0 Å². The van der Waals surface area contributed by atoms with Crippen LogP contribution in [0.15, 0.2) is 60.7 Å². The predicted octanol–water partition coefficient (Wildman–Crippen LogP) is 4.88. The van der Waals surface area contributed by atoms with Gasteiger partial charge in [-0.15, -0.1) is 5.10 Å². The van der Waals surface area contributed by atoms with Crippen LogP contribution in [0, 0.1) is 6.92 Å².